The van der Waals surface area contributed by atoms with Gasteiger partial charge in [-0.25, -0.2) is 0 Å². The summed E-state index contributed by atoms with van der Waals surface area (Å²) in [5.41, 5.74) is 43.2. The zero-order valence-corrected chi connectivity index (χ0v) is 71.9. The number of carboxylic acids is 3. The number of hydrogen-bond donors (Lipinski definition) is 32. The summed E-state index contributed by atoms with van der Waals surface area (Å²) in [6, 6.07) is -25.6. The molecule has 0 aliphatic rings. The van der Waals surface area contributed by atoms with Crippen LogP contribution in [-0.2, 0) is 110 Å². The highest BCUT2D eigenvalue weighted by atomic mass is 32.1. The van der Waals surface area contributed by atoms with Crippen LogP contribution in [0.2, 0.25) is 0 Å². The number of carboxylic acid groups (broad SMARTS) is 3. The van der Waals surface area contributed by atoms with Crippen molar-refractivity contribution in [3.05, 3.63) is 0 Å². The van der Waals surface area contributed by atoms with E-state index >= 15 is 0 Å². The van der Waals surface area contributed by atoms with Crippen LogP contribution in [0.25, 0.3) is 0 Å². The number of hydrogen-bond acceptors (Lipinski definition) is 28. The molecule has 127 heavy (non-hydrogen) atoms. The molecule has 39 N–H and O–H groups in total. The predicted molar refractivity (Wildman–Crippen MR) is 446 cm³/mol. The third-order valence-corrected chi connectivity index (χ3v) is 18.4. The Morgan fingerprint density at radius 1 is 0.307 bits per heavy atom. The number of rotatable bonds is 65. The predicted octanol–water partition coefficient (Wildman–Crippen LogP) is -13.5. The van der Waals surface area contributed by atoms with Crippen molar-refractivity contribution in [2.75, 3.05) is 32.0 Å². The van der Waals surface area contributed by atoms with Crippen LogP contribution < -0.4 is 136 Å². The average Bonchev–Trinajstić information content (AvgIpc) is 0.858. The summed E-state index contributed by atoms with van der Waals surface area (Å²) in [6.07, 6.45) is -9.06. The van der Waals surface area contributed by atoms with Gasteiger partial charge in [0.1, 0.15) is 84.6 Å². The number of nitrogens with one attached hydrogen (secondary N) is 19. The first-order valence-corrected chi connectivity index (χ1v) is 40.6. The summed E-state index contributed by atoms with van der Waals surface area (Å²) in [4.78, 5) is 302. The summed E-state index contributed by atoms with van der Waals surface area (Å²) >= 11 is 4.18. The van der Waals surface area contributed by atoms with Crippen molar-refractivity contribution in [3.8, 4) is 0 Å². The Labute approximate surface area is 733 Å². The SMILES string of the molecule is CC(C)C[C@H](NC(=O)[C@H](CCC(N)=O)NC(=O)[C@H](CO)NC(=O)[C@H](CCC(N)=O)NC(=O)[C@H](CS)NC(=O)[C@H](CCCNC(=N)N)NC(=O)[C@H](CCCNC(=N)N)NC(=O)[C@H](CC(=O)O)NC(=O)CNC(=O)[C@H](CCC(N)=O)NC(=O)[C@H](CC(C)C)NC(=O)[C@H](CCC(=O)O)NC(=O)[C@H](C)NC(=O)[C@H](CCC(N)=O)NC(=O)[C@@H](N)CCC(N)=O)C(=O)N[C@@H](C)C(=O)O. The molecular formula is C72H123N27O27S. The molecule has 55 heteroatoms. The van der Waals surface area contributed by atoms with E-state index in [4.69, 9.17) is 56.7 Å². The number of guanidine groups is 2. The number of carbonyl (C=O) groups is 23. The zero-order chi connectivity index (χ0) is 97.2. The maximum Gasteiger partial charge on any atom is 0.325 e. The summed E-state index contributed by atoms with van der Waals surface area (Å²) in [5.74, 6) is -29.5. The molecule has 15 atom stereocenters. The van der Waals surface area contributed by atoms with E-state index in [1.165, 1.54) is 0 Å². The molecular weight excluding hydrogens is 1710 g/mol. The minimum atomic E-state index is -2.13. The van der Waals surface area contributed by atoms with Gasteiger partial charge in [-0.1, -0.05) is 27.7 Å². The fourth-order valence-corrected chi connectivity index (χ4v) is 11.5. The molecule has 0 radical (unpaired) electrons. The van der Waals surface area contributed by atoms with Gasteiger partial charge >= 0.3 is 17.9 Å². The fraction of sp³-hybridized carbons (Fsp3) is 0.653. The lowest BCUT2D eigenvalue weighted by Crippen LogP contribution is -2.61. The largest absolute Gasteiger partial charge is 0.481 e. The Balaban J connectivity index is 7.16. The van der Waals surface area contributed by atoms with Gasteiger partial charge in [-0.05, 0) is 103 Å². The third-order valence-electron chi connectivity index (χ3n) is 18.1. The van der Waals surface area contributed by atoms with Gasteiger partial charge in [0.25, 0.3) is 0 Å². The Kier molecular flexibility index (Phi) is 53.2. The van der Waals surface area contributed by atoms with E-state index in [2.05, 4.69) is 103 Å². The van der Waals surface area contributed by atoms with E-state index in [1.54, 1.807) is 27.7 Å². The number of aliphatic hydroxyl groups is 1. The standard InChI is InChI=1S/C72H123N27O27S/c1-31(2)25-43(65(120)87-34(6)70(125)126)96-62(117)40(14-20-51(77)104)94-68(123)46(29-100)98-64(119)41(15-21-52(78)105)95-69(124)47(30-127)99-61(116)37(10-8-24-84-72(81)82)91-60(115)36(9-7-23-83-71(79)80)92-67(122)45(27-55(109)110)88-53(106)28-85-58(113)38(12-18-49(75)102)93-66(121)44(26-32(3)4)97-63(118)42(16-22-54(107)108)89-56(111)33(5)86-59(114)39(13-19-50(76)103)90-57(112)35(73)11-17-48(74)101/h31-47,100,127H,7-30,73H2,1-6H3,(H2,74,101)(H2,75,102)(H2,76,103)(H2,77,104)(H2,78,105)(H,85,113)(H,86,114)(H,87,120)(H,88,106)(H,89,111)(H,90,112)(H,91,115)(H,92,122)(H,93,121)(H,94,123)(H,95,124)(H,96,117)(H,97,118)(H,98,119)(H,99,116)(H,107,108)(H,109,110)(H,125,126)(H4,79,80,83)(H4,81,82,84)/t33-,34-,35-,36-,37-,38-,39-,40-,41-,42-,43-,44-,45-,46-,47-/m0/s1. The van der Waals surface area contributed by atoms with Crippen LogP contribution in [0.15, 0.2) is 0 Å². The molecule has 0 heterocycles. The number of carbonyl (C=O) groups excluding carboxylic acids is 20. The molecule has 0 saturated heterocycles. The Morgan fingerprint density at radius 2 is 0.591 bits per heavy atom. The molecule has 0 fully saturated rings. The molecule has 0 spiro atoms. The molecule has 714 valence electrons. The number of thiol groups is 1. The van der Waals surface area contributed by atoms with Crippen LogP contribution in [0.1, 0.15) is 164 Å². The highest BCUT2D eigenvalue weighted by molar-refractivity contribution is 7.80. The second kappa shape index (κ2) is 59.5. The first-order valence-electron chi connectivity index (χ1n) is 40.0. The lowest BCUT2D eigenvalue weighted by molar-refractivity contribution is -0.142. The normalized spacial score (nSPS) is 14.4. The lowest BCUT2D eigenvalue weighted by atomic mass is 10.0. The average molecular weight is 1830 g/mol. The maximum absolute atomic E-state index is 14.5. The van der Waals surface area contributed by atoms with Gasteiger partial charge < -0.3 is 157 Å². The van der Waals surface area contributed by atoms with Crippen LogP contribution in [0.3, 0.4) is 0 Å². The van der Waals surface area contributed by atoms with Gasteiger partial charge in [0.15, 0.2) is 11.9 Å². The first-order chi connectivity index (χ1) is 59.2. The van der Waals surface area contributed by atoms with Crippen molar-refractivity contribution in [1.29, 1.82) is 10.8 Å². The van der Waals surface area contributed by atoms with Crippen molar-refractivity contribution in [2.45, 2.75) is 254 Å². The third kappa shape index (κ3) is 49.0. The number of nitrogens with two attached hydrogens (primary N) is 8. The smallest absolute Gasteiger partial charge is 0.325 e. The second-order valence-corrected chi connectivity index (χ2v) is 30.4. The first kappa shape index (κ1) is 114. The molecule has 54 nitrogen and oxygen atoms in total. The number of aliphatic carboxylic acids is 3. The summed E-state index contributed by atoms with van der Waals surface area (Å²) in [5, 5.41) is 93.5. The van der Waals surface area contributed by atoms with Gasteiger partial charge in [0, 0.05) is 57.4 Å². The van der Waals surface area contributed by atoms with Crippen molar-refractivity contribution >= 4 is 161 Å². The minimum absolute atomic E-state index is 0.0595. The minimum Gasteiger partial charge on any atom is -0.481 e. The highest BCUT2D eigenvalue weighted by Crippen LogP contribution is 2.14. The lowest BCUT2D eigenvalue weighted by Gasteiger charge is -2.28. The molecule has 0 aliphatic heterocycles. The van der Waals surface area contributed by atoms with Crippen LogP contribution in [0.4, 0.5) is 0 Å². The summed E-state index contributed by atoms with van der Waals surface area (Å²) < 4.78 is 0. The molecule has 0 saturated carbocycles. The molecule has 0 aromatic carbocycles. The van der Waals surface area contributed by atoms with Crippen molar-refractivity contribution in [3.63, 3.8) is 0 Å². The Bertz CT molecular complexity index is 3920. The van der Waals surface area contributed by atoms with E-state index in [0.717, 1.165) is 13.8 Å². The van der Waals surface area contributed by atoms with E-state index in [9.17, 15) is 131 Å². The van der Waals surface area contributed by atoms with Gasteiger partial charge in [-0.15, -0.1) is 0 Å². The molecule has 0 bridgehead atoms. The Morgan fingerprint density at radius 3 is 0.937 bits per heavy atom. The quantitative estimate of drug-likeness (QED) is 0.0116. The molecule has 0 unspecified atom stereocenters. The van der Waals surface area contributed by atoms with Gasteiger partial charge in [-0.2, -0.15) is 12.6 Å². The number of primary amides is 5. The van der Waals surface area contributed by atoms with Crippen LogP contribution in [0, 0.1) is 22.7 Å². The second-order valence-electron chi connectivity index (χ2n) is 30.1. The molecule has 0 rings (SSSR count). The van der Waals surface area contributed by atoms with Crippen molar-refractivity contribution < 1.29 is 131 Å². The number of aliphatic hydroxyl groups excluding tert-OH is 1. The highest BCUT2D eigenvalue weighted by Gasteiger charge is 2.39. The van der Waals surface area contributed by atoms with Crippen molar-refractivity contribution in [1.82, 2.24) is 90.4 Å². The van der Waals surface area contributed by atoms with E-state index in [1.807, 2.05) is 0 Å². The van der Waals surface area contributed by atoms with Crippen molar-refractivity contribution in [2.24, 2.45) is 57.7 Å². The summed E-state index contributed by atoms with van der Waals surface area (Å²) in [7, 11) is 0. The summed E-state index contributed by atoms with van der Waals surface area (Å²) in [6.45, 7) is 6.10. The molecule has 0 aliphatic carbocycles. The van der Waals surface area contributed by atoms with Gasteiger partial charge in [0.05, 0.1) is 25.6 Å². The van der Waals surface area contributed by atoms with E-state index < -0.39 is 347 Å². The van der Waals surface area contributed by atoms with Crippen LogP contribution in [-0.4, -0.2) is 291 Å². The van der Waals surface area contributed by atoms with E-state index in [-0.39, 0.29) is 57.5 Å². The van der Waals surface area contributed by atoms with Gasteiger partial charge in [-0.3, -0.25) is 121 Å². The topological polar surface area (TPSA) is 934 Å². The maximum atomic E-state index is 14.5. The fourth-order valence-electron chi connectivity index (χ4n) is 11.3. The molecule has 0 aromatic heterocycles. The van der Waals surface area contributed by atoms with Crippen LogP contribution >= 0.6 is 12.6 Å². The van der Waals surface area contributed by atoms with Gasteiger partial charge in [0.2, 0.25) is 118 Å². The van der Waals surface area contributed by atoms with E-state index in [0.29, 0.717) is 0 Å². The Hall–Kier alpha value is -13.4. The molecule has 20 amide bonds. The molecule has 0 aromatic rings. The monoisotopic (exact) mass is 1830 g/mol. The zero-order valence-electron chi connectivity index (χ0n) is 71.0. The number of amides is 20. The van der Waals surface area contributed by atoms with Crippen LogP contribution in [0.5, 0.6) is 0 Å².